The highest BCUT2D eigenvalue weighted by Gasteiger charge is 2.41. The van der Waals surface area contributed by atoms with Crippen molar-refractivity contribution in [1.82, 2.24) is 4.90 Å². The van der Waals surface area contributed by atoms with Gasteiger partial charge in [0.2, 0.25) is 0 Å². The molecule has 0 aromatic carbocycles. The molecule has 3 fully saturated rings. The van der Waals surface area contributed by atoms with Crippen molar-refractivity contribution in [3.05, 3.63) is 0 Å². The van der Waals surface area contributed by atoms with Crippen LogP contribution in [0.15, 0.2) is 0 Å². The highest BCUT2D eigenvalue weighted by atomic mass is 28.4. The Morgan fingerprint density at radius 1 is 1.06 bits per heavy atom. The molecule has 3 heterocycles. The fourth-order valence-electron chi connectivity index (χ4n) is 3.05. The zero-order chi connectivity index (χ0) is 11.6. The van der Waals surface area contributed by atoms with Crippen LogP contribution in [0.25, 0.3) is 0 Å². The fraction of sp³-hybridized carbons (Fsp3) is 1.00. The monoisotopic (exact) mass is 243 g/mol. The van der Waals surface area contributed by atoms with E-state index in [4.69, 9.17) is 8.85 Å². The summed E-state index contributed by atoms with van der Waals surface area (Å²) in [6.07, 6.45) is 5.49. The Hall–Kier alpha value is 0.0969. The maximum Gasteiger partial charge on any atom is 0.334 e. The number of hydrogen-bond donors (Lipinski definition) is 0. The molecule has 0 radical (unpaired) electrons. The molecule has 0 spiro atoms. The molecule has 0 aromatic rings. The van der Waals surface area contributed by atoms with Crippen molar-refractivity contribution < 1.29 is 8.85 Å². The fourth-order valence-corrected chi connectivity index (χ4v) is 4.61. The quantitative estimate of drug-likeness (QED) is 0.691. The minimum atomic E-state index is -1.84. The van der Waals surface area contributed by atoms with Gasteiger partial charge in [-0.2, -0.15) is 0 Å². The van der Waals surface area contributed by atoms with Crippen LogP contribution >= 0.6 is 0 Å². The van der Waals surface area contributed by atoms with Gasteiger partial charge in [0.1, 0.15) is 0 Å². The van der Waals surface area contributed by atoms with E-state index < -0.39 is 8.56 Å². The molecule has 2 bridgehead atoms. The van der Waals surface area contributed by atoms with Gasteiger partial charge >= 0.3 is 8.56 Å². The third kappa shape index (κ3) is 2.50. The van der Waals surface area contributed by atoms with Gasteiger partial charge in [-0.15, -0.1) is 0 Å². The third-order valence-electron chi connectivity index (χ3n) is 4.85. The predicted octanol–water partition coefficient (Wildman–Crippen LogP) is 2.23. The molecule has 3 rings (SSSR count). The van der Waals surface area contributed by atoms with Gasteiger partial charge in [0.25, 0.3) is 0 Å². The van der Waals surface area contributed by atoms with Crippen LogP contribution in [0.4, 0.5) is 0 Å². The van der Waals surface area contributed by atoms with E-state index >= 15 is 0 Å². The second kappa shape index (κ2) is 4.76. The van der Waals surface area contributed by atoms with E-state index in [1.54, 1.807) is 14.2 Å². The lowest BCUT2D eigenvalue weighted by Gasteiger charge is -2.49. The first-order chi connectivity index (χ1) is 7.61. The molecule has 4 heteroatoms. The normalized spacial score (nSPS) is 34.3. The first-order valence-corrected chi connectivity index (χ1v) is 8.96. The highest BCUT2D eigenvalue weighted by Crippen LogP contribution is 2.44. The highest BCUT2D eigenvalue weighted by molar-refractivity contribution is 6.65. The minimum absolute atomic E-state index is 0.625. The summed E-state index contributed by atoms with van der Waals surface area (Å²) >= 11 is 0. The Balaban J connectivity index is 1.89. The SMILES string of the molecule is CO[Si](C)(CCC12CCN(CC1)CC2)OC. The van der Waals surface area contributed by atoms with Crippen LogP contribution in [-0.4, -0.2) is 47.3 Å². The molecule has 0 N–H and O–H groups in total. The van der Waals surface area contributed by atoms with Gasteiger partial charge in [-0.25, -0.2) is 0 Å². The molecule has 0 saturated carbocycles. The van der Waals surface area contributed by atoms with Gasteiger partial charge in [-0.05, 0) is 63.3 Å². The summed E-state index contributed by atoms with van der Waals surface area (Å²) in [4.78, 5) is 2.60. The Morgan fingerprint density at radius 2 is 1.56 bits per heavy atom. The number of fused-ring (bicyclic) bond motifs is 3. The Bertz CT molecular complexity index is 221. The molecular formula is C12H25NO2Si. The molecular weight excluding hydrogens is 218 g/mol. The van der Waals surface area contributed by atoms with E-state index in [-0.39, 0.29) is 0 Å². The molecule has 16 heavy (non-hydrogen) atoms. The molecule has 0 atom stereocenters. The smallest absolute Gasteiger partial charge is 0.334 e. The van der Waals surface area contributed by atoms with Crippen LogP contribution in [-0.2, 0) is 8.85 Å². The zero-order valence-corrected chi connectivity index (χ0v) is 11.9. The van der Waals surface area contributed by atoms with Crippen molar-refractivity contribution in [1.29, 1.82) is 0 Å². The van der Waals surface area contributed by atoms with Gasteiger partial charge in [0, 0.05) is 14.2 Å². The zero-order valence-electron chi connectivity index (χ0n) is 10.9. The summed E-state index contributed by atoms with van der Waals surface area (Å²) in [6.45, 7) is 6.14. The number of rotatable bonds is 5. The van der Waals surface area contributed by atoms with E-state index in [1.165, 1.54) is 45.3 Å². The lowest BCUT2D eigenvalue weighted by molar-refractivity contribution is 0.0216. The largest absolute Gasteiger partial charge is 0.398 e. The molecule has 0 aliphatic carbocycles. The van der Waals surface area contributed by atoms with Gasteiger partial charge in [0.15, 0.2) is 0 Å². The van der Waals surface area contributed by atoms with Gasteiger partial charge < -0.3 is 13.8 Å². The molecule has 3 saturated heterocycles. The topological polar surface area (TPSA) is 21.7 Å². The van der Waals surface area contributed by atoms with Crippen molar-refractivity contribution in [3.63, 3.8) is 0 Å². The maximum absolute atomic E-state index is 5.59. The van der Waals surface area contributed by atoms with Gasteiger partial charge in [0.05, 0.1) is 0 Å². The molecule has 3 aliphatic heterocycles. The van der Waals surface area contributed by atoms with E-state index in [0.29, 0.717) is 5.41 Å². The predicted molar refractivity (Wildman–Crippen MR) is 67.8 cm³/mol. The average Bonchev–Trinajstić information content (AvgIpc) is 2.38. The number of nitrogens with zero attached hydrogens (tertiary/aromatic N) is 1. The molecule has 0 amide bonds. The molecule has 0 unspecified atom stereocenters. The number of piperidine rings is 3. The second-order valence-corrected chi connectivity index (χ2v) is 9.22. The summed E-state index contributed by atoms with van der Waals surface area (Å²) in [6, 6.07) is 1.15. The number of hydrogen-bond acceptors (Lipinski definition) is 3. The lowest BCUT2D eigenvalue weighted by atomic mass is 9.70. The van der Waals surface area contributed by atoms with Gasteiger partial charge in [-0.1, -0.05) is 0 Å². The Labute approximate surface area is 100 Å². The molecule has 3 aliphatic rings. The molecule has 0 aromatic heterocycles. The first-order valence-electron chi connectivity index (χ1n) is 6.44. The van der Waals surface area contributed by atoms with Crippen LogP contribution < -0.4 is 0 Å². The van der Waals surface area contributed by atoms with Crippen LogP contribution in [0.5, 0.6) is 0 Å². The van der Waals surface area contributed by atoms with E-state index in [0.717, 1.165) is 6.04 Å². The maximum atomic E-state index is 5.59. The van der Waals surface area contributed by atoms with Crippen molar-refractivity contribution in [3.8, 4) is 0 Å². The van der Waals surface area contributed by atoms with E-state index in [1.807, 2.05) is 0 Å². The first kappa shape index (κ1) is 12.6. The summed E-state index contributed by atoms with van der Waals surface area (Å²) in [5.41, 5.74) is 0.625. The van der Waals surface area contributed by atoms with Crippen LogP contribution in [0.1, 0.15) is 25.7 Å². The van der Waals surface area contributed by atoms with Crippen molar-refractivity contribution in [2.45, 2.75) is 38.3 Å². The van der Waals surface area contributed by atoms with Crippen LogP contribution in [0.3, 0.4) is 0 Å². The van der Waals surface area contributed by atoms with Crippen LogP contribution in [0.2, 0.25) is 12.6 Å². The summed E-state index contributed by atoms with van der Waals surface area (Å²) < 4.78 is 11.2. The molecule has 3 nitrogen and oxygen atoms in total. The van der Waals surface area contributed by atoms with Crippen LogP contribution in [0, 0.1) is 5.41 Å². The Morgan fingerprint density at radius 3 is 2.00 bits per heavy atom. The Kier molecular flexibility index (Phi) is 3.74. The van der Waals surface area contributed by atoms with Crippen molar-refractivity contribution >= 4 is 8.56 Å². The summed E-state index contributed by atoms with van der Waals surface area (Å²) in [5.74, 6) is 0. The molecule has 94 valence electrons. The standard InChI is InChI=1S/C12H25NO2Si/c1-14-16(3,15-2)11-7-12-4-8-13(9-5-12)10-6-12/h4-11H2,1-3H3. The summed E-state index contributed by atoms with van der Waals surface area (Å²) in [5, 5.41) is 0. The minimum Gasteiger partial charge on any atom is -0.398 e. The van der Waals surface area contributed by atoms with E-state index in [9.17, 15) is 0 Å². The van der Waals surface area contributed by atoms with E-state index in [2.05, 4.69) is 11.4 Å². The second-order valence-electron chi connectivity index (χ2n) is 5.63. The van der Waals surface area contributed by atoms with Crippen molar-refractivity contribution in [2.24, 2.45) is 5.41 Å². The lowest BCUT2D eigenvalue weighted by Crippen LogP contribution is -2.49. The average molecular weight is 243 g/mol. The van der Waals surface area contributed by atoms with Gasteiger partial charge in [-0.3, -0.25) is 0 Å². The summed E-state index contributed by atoms with van der Waals surface area (Å²) in [7, 11) is 1.76. The van der Waals surface area contributed by atoms with Crippen molar-refractivity contribution in [2.75, 3.05) is 33.9 Å². The third-order valence-corrected chi connectivity index (χ3v) is 7.73.